The first kappa shape index (κ1) is 30.2. The zero-order valence-corrected chi connectivity index (χ0v) is 26.6. The number of ether oxygens (including phenoxy) is 3. The standard InChI is InChI=1S/C36H40ClFN2O5/c1-21(19-43-29-9-14-39-27-7-3-5-22(2)32(27)29)15-24-16-23-17-30-31(45-20-44-30)18-25(23)35(24)10-12-36(13-11-35,34(41)42)40-28-8-4-6-26(37)33(28)38/h4,6,8-9,14,17-18,21-22,24,40H,3,5,7,10-13,15-16,19-20H2,1-2H3,(H,41,42)/t21-,22-,24?,35?,36?/m1/s1. The lowest BCUT2D eigenvalue weighted by atomic mass is 9.59. The van der Waals surface area contributed by atoms with E-state index in [0.717, 1.165) is 55.0 Å². The summed E-state index contributed by atoms with van der Waals surface area (Å²) in [4.78, 5) is 17.4. The second-order valence-electron chi connectivity index (χ2n) is 13.6. The molecule has 45 heavy (non-hydrogen) atoms. The van der Waals surface area contributed by atoms with Crippen molar-refractivity contribution in [3.05, 3.63) is 75.8 Å². The lowest BCUT2D eigenvalue weighted by Crippen LogP contribution is -2.53. The maximum atomic E-state index is 14.9. The van der Waals surface area contributed by atoms with E-state index in [-0.39, 0.29) is 34.8 Å². The Morgan fingerprint density at radius 1 is 1.20 bits per heavy atom. The number of aliphatic carboxylic acids is 1. The fourth-order valence-corrected chi connectivity index (χ4v) is 8.69. The number of hydrogen-bond acceptors (Lipinski definition) is 6. The number of halogens is 2. The molecule has 2 aromatic carbocycles. The smallest absolute Gasteiger partial charge is 0.329 e. The van der Waals surface area contributed by atoms with Gasteiger partial charge in [0.2, 0.25) is 6.79 Å². The Bertz CT molecular complexity index is 1620. The summed E-state index contributed by atoms with van der Waals surface area (Å²) in [6.07, 6.45) is 9.00. The zero-order chi connectivity index (χ0) is 31.3. The van der Waals surface area contributed by atoms with Gasteiger partial charge in [0.1, 0.15) is 11.3 Å². The summed E-state index contributed by atoms with van der Waals surface area (Å²) in [6.45, 7) is 5.31. The molecule has 0 radical (unpaired) electrons. The number of nitrogens with zero attached hydrogens (tertiary/aromatic N) is 1. The molecule has 3 aromatic rings. The second-order valence-corrected chi connectivity index (χ2v) is 14.1. The lowest BCUT2D eigenvalue weighted by molar-refractivity contribution is -0.144. The van der Waals surface area contributed by atoms with Crippen molar-refractivity contribution < 1.29 is 28.5 Å². The van der Waals surface area contributed by atoms with Crippen LogP contribution in [0.4, 0.5) is 10.1 Å². The minimum absolute atomic E-state index is 0.0355. The monoisotopic (exact) mass is 634 g/mol. The molecule has 3 aliphatic carbocycles. The van der Waals surface area contributed by atoms with E-state index < -0.39 is 17.3 Å². The number of rotatable bonds is 8. The molecule has 9 heteroatoms. The molecular formula is C36H40ClFN2O5. The topological polar surface area (TPSA) is 89.9 Å². The van der Waals surface area contributed by atoms with Crippen LogP contribution in [0.25, 0.3) is 0 Å². The molecule has 1 saturated carbocycles. The van der Waals surface area contributed by atoms with Gasteiger partial charge in [-0.05, 0) is 122 Å². The van der Waals surface area contributed by atoms with Gasteiger partial charge in [-0.1, -0.05) is 31.5 Å². The van der Waals surface area contributed by atoms with Crippen LogP contribution in [0.2, 0.25) is 5.02 Å². The van der Waals surface area contributed by atoms with Gasteiger partial charge < -0.3 is 24.6 Å². The third-order valence-corrected chi connectivity index (χ3v) is 11.2. The number of benzene rings is 2. The van der Waals surface area contributed by atoms with E-state index in [9.17, 15) is 14.3 Å². The number of aromatic nitrogens is 1. The molecule has 2 N–H and O–H groups in total. The fourth-order valence-electron chi connectivity index (χ4n) is 8.51. The Labute approximate surface area is 268 Å². The number of fused-ring (bicyclic) bond motifs is 4. The number of aryl methyl sites for hydroxylation is 1. The van der Waals surface area contributed by atoms with Crippen LogP contribution in [-0.2, 0) is 23.1 Å². The van der Waals surface area contributed by atoms with Gasteiger partial charge in [0.25, 0.3) is 0 Å². The number of anilines is 1. The van der Waals surface area contributed by atoms with Gasteiger partial charge in [0.05, 0.1) is 17.3 Å². The van der Waals surface area contributed by atoms with E-state index in [1.807, 2.05) is 12.3 Å². The molecule has 1 fully saturated rings. The quantitative estimate of drug-likeness (QED) is 0.259. The predicted octanol–water partition coefficient (Wildman–Crippen LogP) is 8.07. The van der Waals surface area contributed by atoms with Crippen LogP contribution >= 0.6 is 11.6 Å². The highest BCUT2D eigenvalue weighted by molar-refractivity contribution is 6.31. The van der Waals surface area contributed by atoms with Crippen LogP contribution in [0.1, 0.15) is 87.1 Å². The van der Waals surface area contributed by atoms with Crippen LogP contribution < -0.4 is 19.5 Å². The number of carboxylic acid groups (broad SMARTS) is 1. The van der Waals surface area contributed by atoms with Crippen molar-refractivity contribution in [2.45, 2.75) is 88.5 Å². The molecule has 4 aliphatic rings. The summed E-state index contributed by atoms with van der Waals surface area (Å²) in [7, 11) is 0. The van der Waals surface area contributed by atoms with E-state index in [4.69, 9.17) is 25.8 Å². The highest BCUT2D eigenvalue weighted by atomic mass is 35.5. The van der Waals surface area contributed by atoms with Gasteiger partial charge >= 0.3 is 5.97 Å². The van der Waals surface area contributed by atoms with Crippen molar-refractivity contribution in [3.8, 4) is 17.2 Å². The molecule has 2 heterocycles. The molecular weight excluding hydrogens is 595 g/mol. The SMILES string of the molecule is C[C@@H](COc1ccnc2c1[C@H](C)CCC2)CC1Cc2cc3c(cc2C12CCC(Nc1cccc(Cl)c1F)(C(=O)O)CC2)OCO3. The summed E-state index contributed by atoms with van der Waals surface area (Å²) in [5.41, 5.74) is 3.48. The Kier molecular flexibility index (Phi) is 7.83. The molecule has 0 amide bonds. The minimum Gasteiger partial charge on any atom is -0.493 e. The Morgan fingerprint density at radius 3 is 2.76 bits per heavy atom. The molecule has 1 spiro atoms. The average Bonchev–Trinajstić information content (AvgIpc) is 3.60. The first-order valence-electron chi connectivity index (χ1n) is 16.2. The number of hydrogen-bond donors (Lipinski definition) is 2. The van der Waals surface area contributed by atoms with Crippen LogP contribution in [0.5, 0.6) is 17.2 Å². The van der Waals surface area contributed by atoms with Crippen molar-refractivity contribution >= 4 is 23.3 Å². The maximum Gasteiger partial charge on any atom is 0.329 e. The molecule has 3 atom stereocenters. The predicted molar refractivity (Wildman–Crippen MR) is 170 cm³/mol. The Balaban J connectivity index is 1.14. The van der Waals surface area contributed by atoms with Gasteiger partial charge in [-0.15, -0.1) is 0 Å². The molecule has 1 unspecified atom stereocenters. The van der Waals surface area contributed by atoms with Crippen LogP contribution in [0.3, 0.4) is 0 Å². The van der Waals surface area contributed by atoms with Gasteiger partial charge in [0.15, 0.2) is 17.3 Å². The molecule has 0 saturated heterocycles. The van der Waals surface area contributed by atoms with Crippen molar-refractivity contribution in [1.82, 2.24) is 4.98 Å². The fraction of sp³-hybridized carbons (Fsp3) is 0.500. The van der Waals surface area contributed by atoms with Crippen molar-refractivity contribution in [2.75, 3.05) is 18.7 Å². The van der Waals surface area contributed by atoms with Gasteiger partial charge in [0, 0.05) is 17.5 Å². The number of carboxylic acids is 1. The zero-order valence-electron chi connectivity index (χ0n) is 25.8. The van der Waals surface area contributed by atoms with E-state index in [2.05, 4.69) is 36.3 Å². The summed E-state index contributed by atoms with van der Waals surface area (Å²) in [5, 5.41) is 13.5. The Morgan fingerprint density at radius 2 is 1.98 bits per heavy atom. The maximum absolute atomic E-state index is 14.9. The largest absolute Gasteiger partial charge is 0.493 e. The number of pyridine rings is 1. The first-order valence-corrected chi connectivity index (χ1v) is 16.6. The molecule has 238 valence electrons. The molecule has 0 bridgehead atoms. The molecule has 1 aromatic heterocycles. The minimum atomic E-state index is -1.30. The van der Waals surface area contributed by atoms with Crippen molar-refractivity contribution in [1.29, 1.82) is 0 Å². The van der Waals surface area contributed by atoms with Crippen molar-refractivity contribution in [2.24, 2.45) is 11.8 Å². The van der Waals surface area contributed by atoms with Crippen molar-refractivity contribution in [3.63, 3.8) is 0 Å². The highest BCUT2D eigenvalue weighted by Crippen LogP contribution is 2.58. The summed E-state index contributed by atoms with van der Waals surface area (Å²) in [6, 6.07) is 10.9. The summed E-state index contributed by atoms with van der Waals surface area (Å²) in [5.74, 6) is 1.86. The van der Waals surface area contributed by atoms with E-state index in [0.29, 0.717) is 38.2 Å². The van der Waals surface area contributed by atoms with Crippen LogP contribution in [-0.4, -0.2) is 35.0 Å². The van der Waals surface area contributed by atoms with Gasteiger partial charge in [-0.25, -0.2) is 9.18 Å². The third-order valence-electron chi connectivity index (χ3n) is 10.9. The summed E-state index contributed by atoms with van der Waals surface area (Å²) < 4.78 is 32.9. The van der Waals surface area contributed by atoms with E-state index >= 15 is 0 Å². The third kappa shape index (κ3) is 5.29. The summed E-state index contributed by atoms with van der Waals surface area (Å²) >= 11 is 6.03. The molecule has 7 nitrogen and oxygen atoms in total. The normalized spacial score (nSPS) is 27.1. The average molecular weight is 635 g/mol. The van der Waals surface area contributed by atoms with Crippen LogP contribution in [0.15, 0.2) is 42.6 Å². The number of carbonyl (C=O) groups is 1. The highest BCUT2D eigenvalue weighted by Gasteiger charge is 2.54. The molecule has 1 aliphatic heterocycles. The van der Waals surface area contributed by atoms with Crippen LogP contribution in [0, 0.1) is 17.7 Å². The lowest BCUT2D eigenvalue weighted by Gasteiger charge is -2.47. The van der Waals surface area contributed by atoms with E-state index in [1.165, 1.54) is 22.8 Å². The second kappa shape index (κ2) is 11.7. The van der Waals surface area contributed by atoms with E-state index in [1.54, 1.807) is 12.1 Å². The molecule has 7 rings (SSSR count). The van der Waals surface area contributed by atoms with Gasteiger partial charge in [-0.3, -0.25) is 4.98 Å². The Hall–Kier alpha value is -3.52. The van der Waals surface area contributed by atoms with Gasteiger partial charge in [-0.2, -0.15) is 0 Å². The number of nitrogens with one attached hydrogen (secondary N) is 1. The first-order chi connectivity index (χ1) is 21.7.